The zero-order chi connectivity index (χ0) is 21.0. The van der Waals surface area contributed by atoms with E-state index in [0.29, 0.717) is 11.1 Å². The molecule has 0 heterocycles. The first-order valence-electron chi connectivity index (χ1n) is 7.59. The van der Waals surface area contributed by atoms with E-state index >= 15 is 0 Å². The van der Waals surface area contributed by atoms with Crippen LogP contribution in [0.1, 0.15) is 32.6 Å². The van der Waals surface area contributed by atoms with Crippen molar-refractivity contribution < 1.29 is 35.7 Å². The molecule has 0 spiro atoms. The molecule has 1 aromatic carbocycles. The van der Waals surface area contributed by atoms with Crippen LogP contribution in [0.25, 0.3) is 0 Å². The standard InChI is InChI=1S/C14H13B4F3O5S/c15-2-7-1-8(3-16)10(5-18)12(9(7)4-17)13(22)26-11(14(19,20)21)6-27(23,24)25/h1,11H,2-6H2,(H,23,24,25). The molecule has 138 valence electrons. The summed E-state index contributed by atoms with van der Waals surface area (Å²) in [7, 11) is 17.3. The van der Waals surface area contributed by atoms with Gasteiger partial charge in [-0.2, -0.15) is 21.6 Å². The van der Waals surface area contributed by atoms with E-state index in [2.05, 4.69) is 4.74 Å². The third-order valence-corrected chi connectivity index (χ3v) is 4.48. The molecule has 0 saturated heterocycles. The molecule has 0 aliphatic carbocycles. The van der Waals surface area contributed by atoms with Gasteiger partial charge in [-0.15, -0.1) is 0 Å². The molecule has 0 aliphatic rings. The lowest BCUT2D eigenvalue weighted by atomic mass is 9.75. The van der Waals surface area contributed by atoms with Crippen molar-refractivity contribution in [3.63, 3.8) is 0 Å². The van der Waals surface area contributed by atoms with Crippen LogP contribution in [0.3, 0.4) is 0 Å². The van der Waals surface area contributed by atoms with Crippen molar-refractivity contribution >= 4 is 47.5 Å². The first kappa shape index (κ1) is 23.7. The van der Waals surface area contributed by atoms with Gasteiger partial charge in [-0.05, 0) is 11.1 Å². The van der Waals surface area contributed by atoms with Crippen molar-refractivity contribution in [3.05, 3.63) is 33.9 Å². The van der Waals surface area contributed by atoms with Gasteiger partial charge in [0.1, 0.15) is 5.75 Å². The van der Waals surface area contributed by atoms with E-state index in [0.717, 1.165) is 0 Å². The second-order valence-corrected chi connectivity index (χ2v) is 7.02. The van der Waals surface area contributed by atoms with Gasteiger partial charge in [-0.3, -0.25) is 4.55 Å². The number of hydrogen-bond acceptors (Lipinski definition) is 4. The summed E-state index contributed by atoms with van der Waals surface area (Å²) in [6.07, 6.45) is -9.01. The number of halogens is 3. The fraction of sp³-hybridized carbons (Fsp3) is 0.500. The quantitative estimate of drug-likeness (QED) is 0.391. The number of rotatable bonds is 8. The Morgan fingerprint density at radius 1 is 1.04 bits per heavy atom. The lowest BCUT2D eigenvalue weighted by molar-refractivity contribution is -0.197. The first-order valence-corrected chi connectivity index (χ1v) is 9.20. The molecule has 27 heavy (non-hydrogen) atoms. The number of alkyl halides is 3. The van der Waals surface area contributed by atoms with Gasteiger partial charge >= 0.3 is 12.1 Å². The molecule has 0 aromatic heterocycles. The number of ether oxygens (including phenoxy) is 1. The van der Waals surface area contributed by atoms with Gasteiger partial charge in [-0.1, -0.05) is 42.5 Å². The molecular formula is C14H13B4F3O5S. The van der Waals surface area contributed by atoms with E-state index in [1.807, 2.05) is 0 Å². The summed E-state index contributed by atoms with van der Waals surface area (Å²) in [5.41, 5.74) is 0.620. The zero-order valence-electron chi connectivity index (χ0n) is 14.1. The predicted octanol–water partition coefficient (Wildman–Crippen LogP) is 0.336. The lowest BCUT2D eigenvalue weighted by Gasteiger charge is -2.24. The Labute approximate surface area is 160 Å². The maximum absolute atomic E-state index is 13.0. The number of esters is 1. The minimum absolute atomic E-state index is 0.0849. The lowest BCUT2D eigenvalue weighted by Crippen LogP contribution is -2.40. The van der Waals surface area contributed by atoms with E-state index in [4.69, 9.17) is 35.9 Å². The van der Waals surface area contributed by atoms with E-state index < -0.39 is 34.1 Å². The molecule has 0 bridgehead atoms. The fourth-order valence-electron chi connectivity index (χ4n) is 2.54. The van der Waals surface area contributed by atoms with Crippen molar-refractivity contribution in [2.24, 2.45) is 0 Å². The van der Waals surface area contributed by atoms with Crippen molar-refractivity contribution in [2.45, 2.75) is 37.6 Å². The summed E-state index contributed by atoms with van der Waals surface area (Å²) < 4.78 is 73.9. The Balaban J connectivity index is 3.51. The normalized spacial score (nSPS) is 13.3. The fourth-order valence-corrected chi connectivity index (χ4v) is 3.18. The monoisotopic (exact) mass is 394 g/mol. The third-order valence-electron chi connectivity index (χ3n) is 3.76. The van der Waals surface area contributed by atoms with Gasteiger partial charge in [0.25, 0.3) is 10.1 Å². The number of carbonyl (C=O) groups excluding carboxylic acids is 1. The average molecular weight is 394 g/mol. The highest BCUT2D eigenvalue weighted by atomic mass is 32.2. The van der Waals surface area contributed by atoms with Crippen molar-refractivity contribution in [3.8, 4) is 0 Å². The predicted molar refractivity (Wildman–Crippen MR) is 95.9 cm³/mol. The minimum Gasteiger partial charge on any atom is -0.448 e. The van der Waals surface area contributed by atoms with E-state index in [1.165, 1.54) is 0 Å². The Morgan fingerprint density at radius 3 is 1.78 bits per heavy atom. The van der Waals surface area contributed by atoms with Gasteiger partial charge < -0.3 is 4.74 Å². The summed E-state index contributed by atoms with van der Waals surface area (Å²) in [6, 6.07) is 1.54. The van der Waals surface area contributed by atoms with Crippen molar-refractivity contribution in [2.75, 3.05) is 5.75 Å². The number of carbonyl (C=O) groups is 1. The highest BCUT2D eigenvalue weighted by Crippen LogP contribution is 2.29. The topological polar surface area (TPSA) is 80.7 Å². The molecule has 13 heteroatoms. The Bertz CT molecular complexity index is 769. The van der Waals surface area contributed by atoms with Gasteiger partial charge in [0.15, 0.2) is 0 Å². The largest absolute Gasteiger partial charge is 0.448 e. The molecule has 1 atom stereocenters. The van der Waals surface area contributed by atoms with Crippen molar-refractivity contribution in [1.29, 1.82) is 0 Å². The van der Waals surface area contributed by atoms with Crippen LogP contribution < -0.4 is 0 Å². The molecule has 1 rings (SSSR count). The molecule has 5 nitrogen and oxygen atoms in total. The highest BCUT2D eigenvalue weighted by Gasteiger charge is 2.46. The third kappa shape index (κ3) is 6.07. The highest BCUT2D eigenvalue weighted by molar-refractivity contribution is 7.85. The van der Waals surface area contributed by atoms with Gasteiger partial charge in [0, 0.05) is 0 Å². The molecule has 0 aliphatic heterocycles. The van der Waals surface area contributed by atoms with E-state index in [9.17, 15) is 26.4 Å². The Morgan fingerprint density at radius 2 is 1.48 bits per heavy atom. The van der Waals surface area contributed by atoms with Crippen LogP contribution in [0, 0.1) is 0 Å². The molecule has 1 unspecified atom stereocenters. The smallest absolute Gasteiger partial charge is 0.426 e. The second kappa shape index (κ2) is 9.23. The average Bonchev–Trinajstić information content (AvgIpc) is 2.56. The maximum atomic E-state index is 13.0. The minimum atomic E-state index is -5.24. The number of benzene rings is 1. The van der Waals surface area contributed by atoms with Crippen LogP contribution in [0.5, 0.6) is 0 Å². The zero-order valence-corrected chi connectivity index (χ0v) is 14.9. The number of hydrogen-bond donors (Lipinski definition) is 1. The first-order chi connectivity index (χ1) is 12.4. The van der Waals surface area contributed by atoms with Crippen LogP contribution in [0.4, 0.5) is 13.2 Å². The van der Waals surface area contributed by atoms with Crippen molar-refractivity contribution in [1.82, 2.24) is 0 Å². The maximum Gasteiger partial charge on any atom is 0.426 e. The SMILES string of the molecule is [B]Cc1cc(C[B])c(C[B])c(C(=O)OC(CS(=O)(=O)O)C(F)(F)F)c1C[B]. The summed E-state index contributed by atoms with van der Waals surface area (Å²) >= 11 is 0. The van der Waals surface area contributed by atoms with Crippen LogP contribution >= 0.6 is 0 Å². The molecule has 0 saturated carbocycles. The summed E-state index contributed by atoms with van der Waals surface area (Å²) in [4.78, 5) is 12.5. The van der Waals surface area contributed by atoms with Crippen LogP contribution in [0.15, 0.2) is 6.07 Å². The Kier molecular flexibility index (Phi) is 8.10. The molecule has 0 fully saturated rings. The van der Waals surface area contributed by atoms with E-state index in [1.54, 1.807) is 6.07 Å². The van der Waals surface area contributed by atoms with E-state index in [-0.39, 0.29) is 42.0 Å². The Hall–Kier alpha value is -1.35. The molecule has 1 aromatic rings. The van der Waals surface area contributed by atoms with Crippen LogP contribution in [0.2, 0.25) is 0 Å². The van der Waals surface area contributed by atoms with Crippen LogP contribution in [-0.4, -0.2) is 68.4 Å². The van der Waals surface area contributed by atoms with Gasteiger partial charge in [0.05, 0.1) is 36.9 Å². The molecule has 0 amide bonds. The molecular weight excluding hydrogens is 380 g/mol. The summed E-state index contributed by atoms with van der Waals surface area (Å²) in [5, 5.41) is 0. The van der Waals surface area contributed by atoms with Crippen LogP contribution in [-0.2, 0) is 40.1 Å². The summed E-state index contributed by atoms with van der Waals surface area (Å²) in [6.45, 7) is 0. The van der Waals surface area contributed by atoms with Gasteiger partial charge in [0.2, 0.25) is 6.10 Å². The molecule has 8 radical (unpaired) electrons. The van der Waals surface area contributed by atoms with Gasteiger partial charge in [-0.25, -0.2) is 4.79 Å². The molecule has 1 N–H and O–H groups in total. The summed E-state index contributed by atoms with van der Waals surface area (Å²) in [5.74, 6) is -3.34. The second-order valence-electron chi connectivity index (χ2n) is 5.53.